The number of para-hydroxylation sites is 1. The van der Waals surface area contributed by atoms with Crippen LogP contribution < -0.4 is 16.0 Å². The standard InChI is InChI=1S/C22H21N7O5/c30-19(11-29-13-23-27-28-29)26-18-7-2-1-6-17(18)22(33)34-12-20(31)24-16-5-3-4-14(10-16)21(32)25-15-8-9-15/h1-7,10,13,15H,8-9,11-12H2,(H,24,31)(H,25,32)(H,26,30). The number of carbonyl (C=O) groups excluding carboxylic acids is 4. The van der Waals surface area contributed by atoms with Crippen molar-refractivity contribution in [3.8, 4) is 0 Å². The number of benzene rings is 2. The first-order valence-electron chi connectivity index (χ1n) is 10.5. The van der Waals surface area contributed by atoms with Crippen molar-refractivity contribution >= 4 is 35.1 Å². The predicted molar refractivity (Wildman–Crippen MR) is 119 cm³/mol. The number of rotatable bonds is 9. The highest BCUT2D eigenvalue weighted by atomic mass is 16.5. The Balaban J connectivity index is 1.31. The Bertz CT molecular complexity index is 1210. The van der Waals surface area contributed by atoms with Gasteiger partial charge in [-0.3, -0.25) is 14.4 Å². The number of esters is 1. The van der Waals surface area contributed by atoms with Gasteiger partial charge in [-0.25, -0.2) is 9.48 Å². The van der Waals surface area contributed by atoms with Crippen molar-refractivity contribution < 1.29 is 23.9 Å². The minimum Gasteiger partial charge on any atom is -0.452 e. The summed E-state index contributed by atoms with van der Waals surface area (Å²) >= 11 is 0. The second kappa shape index (κ2) is 10.3. The van der Waals surface area contributed by atoms with E-state index in [4.69, 9.17) is 4.74 Å². The average molecular weight is 463 g/mol. The Hall–Kier alpha value is -4.61. The number of nitrogens with one attached hydrogen (secondary N) is 3. The van der Waals surface area contributed by atoms with E-state index in [-0.39, 0.29) is 29.7 Å². The molecule has 0 bridgehead atoms. The average Bonchev–Trinajstić information content (AvgIpc) is 3.50. The lowest BCUT2D eigenvalue weighted by molar-refractivity contribution is -0.119. The first kappa shape index (κ1) is 22.6. The molecule has 174 valence electrons. The van der Waals surface area contributed by atoms with Crippen LogP contribution in [0.25, 0.3) is 0 Å². The number of hydrogen-bond acceptors (Lipinski definition) is 8. The smallest absolute Gasteiger partial charge is 0.340 e. The molecule has 1 fully saturated rings. The Kier molecular flexibility index (Phi) is 6.87. The van der Waals surface area contributed by atoms with Crippen molar-refractivity contribution in [2.45, 2.75) is 25.4 Å². The zero-order valence-electron chi connectivity index (χ0n) is 17.9. The topological polar surface area (TPSA) is 157 Å². The Morgan fingerprint density at radius 2 is 1.82 bits per heavy atom. The molecule has 1 aliphatic carbocycles. The minimum absolute atomic E-state index is 0.0825. The fraction of sp³-hybridized carbons (Fsp3) is 0.227. The molecule has 0 saturated heterocycles. The fourth-order valence-corrected chi connectivity index (χ4v) is 3.00. The van der Waals surface area contributed by atoms with E-state index in [0.29, 0.717) is 11.3 Å². The van der Waals surface area contributed by atoms with E-state index in [1.165, 1.54) is 23.1 Å². The van der Waals surface area contributed by atoms with Crippen LogP contribution in [0.5, 0.6) is 0 Å². The molecule has 3 N–H and O–H groups in total. The molecule has 1 aliphatic rings. The molecule has 12 nitrogen and oxygen atoms in total. The number of tetrazole rings is 1. The van der Waals surface area contributed by atoms with Gasteiger partial charge < -0.3 is 20.7 Å². The van der Waals surface area contributed by atoms with Gasteiger partial charge in [0.1, 0.15) is 12.9 Å². The van der Waals surface area contributed by atoms with Gasteiger partial charge in [0.25, 0.3) is 11.8 Å². The van der Waals surface area contributed by atoms with Crippen LogP contribution >= 0.6 is 0 Å². The Morgan fingerprint density at radius 1 is 1.00 bits per heavy atom. The van der Waals surface area contributed by atoms with E-state index < -0.39 is 24.4 Å². The van der Waals surface area contributed by atoms with Crippen LogP contribution in [0.4, 0.5) is 11.4 Å². The molecule has 3 amide bonds. The quantitative estimate of drug-likeness (QED) is 0.397. The number of hydrogen-bond donors (Lipinski definition) is 3. The van der Waals surface area contributed by atoms with Crippen LogP contribution in [0, 0.1) is 0 Å². The number of ether oxygens (including phenoxy) is 1. The van der Waals surface area contributed by atoms with E-state index in [0.717, 1.165) is 12.8 Å². The molecule has 12 heteroatoms. The fourth-order valence-electron chi connectivity index (χ4n) is 3.00. The first-order chi connectivity index (χ1) is 16.5. The van der Waals surface area contributed by atoms with Gasteiger partial charge in [0, 0.05) is 17.3 Å². The van der Waals surface area contributed by atoms with Crippen molar-refractivity contribution in [1.82, 2.24) is 25.5 Å². The minimum atomic E-state index is -0.786. The third kappa shape index (κ3) is 6.22. The van der Waals surface area contributed by atoms with Gasteiger partial charge >= 0.3 is 5.97 Å². The normalized spacial score (nSPS) is 12.5. The van der Waals surface area contributed by atoms with Crippen LogP contribution in [0.3, 0.4) is 0 Å². The SMILES string of the molecule is O=C(COC(=O)c1ccccc1NC(=O)Cn1cnnn1)Nc1cccc(C(=O)NC2CC2)c1. The molecule has 1 saturated carbocycles. The van der Waals surface area contributed by atoms with Crippen molar-refractivity contribution in [3.05, 3.63) is 66.0 Å². The summed E-state index contributed by atoms with van der Waals surface area (Å²) < 4.78 is 6.34. The molecule has 0 atom stereocenters. The second-order valence-corrected chi connectivity index (χ2v) is 7.55. The van der Waals surface area contributed by atoms with Crippen LogP contribution in [-0.2, 0) is 20.9 Å². The molecule has 3 aromatic rings. The number of anilines is 2. The predicted octanol–water partition coefficient (Wildman–Crippen LogP) is 0.999. The highest BCUT2D eigenvalue weighted by Crippen LogP contribution is 2.20. The van der Waals surface area contributed by atoms with E-state index in [9.17, 15) is 19.2 Å². The number of aromatic nitrogens is 4. The van der Waals surface area contributed by atoms with E-state index in [1.807, 2.05) is 0 Å². The molecule has 34 heavy (non-hydrogen) atoms. The summed E-state index contributed by atoms with van der Waals surface area (Å²) in [5, 5.41) is 18.6. The summed E-state index contributed by atoms with van der Waals surface area (Å²) in [6, 6.07) is 12.9. The Labute approximate surface area is 193 Å². The third-order valence-electron chi connectivity index (χ3n) is 4.77. The van der Waals surface area contributed by atoms with Crippen LogP contribution in [-0.4, -0.2) is 56.5 Å². The summed E-state index contributed by atoms with van der Waals surface area (Å²) in [4.78, 5) is 49.2. The lowest BCUT2D eigenvalue weighted by atomic mass is 10.2. The molecule has 0 spiro atoms. The van der Waals surface area contributed by atoms with Gasteiger partial charge in [-0.1, -0.05) is 18.2 Å². The summed E-state index contributed by atoms with van der Waals surface area (Å²) in [6.07, 6.45) is 3.23. The van der Waals surface area contributed by atoms with Crippen LogP contribution in [0.1, 0.15) is 33.6 Å². The monoisotopic (exact) mass is 463 g/mol. The number of nitrogens with zero attached hydrogens (tertiary/aromatic N) is 4. The van der Waals surface area contributed by atoms with Gasteiger partial charge in [-0.2, -0.15) is 0 Å². The highest BCUT2D eigenvalue weighted by molar-refractivity contribution is 6.02. The molecule has 0 radical (unpaired) electrons. The maximum absolute atomic E-state index is 12.5. The molecule has 1 aromatic heterocycles. The van der Waals surface area contributed by atoms with E-state index >= 15 is 0 Å². The van der Waals surface area contributed by atoms with E-state index in [2.05, 4.69) is 31.5 Å². The highest BCUT2D eigenvalue weighted by Gasteiger charge is 2.24. The van der Waals surface area contributed by atoms with Crippen molar-refractivity contribution in [1.29, 1.82) is 0 Å². The lowest BCUT2D eigenvalue weighted by Crippen LogP contribution is -2.26. The van der Waals surface area contributed by atoms with E-state index in [1.54, 1.807) is 36.4 Å². The summed E-state index contributed by atoms with van der Waals surface area (Å²) in [6.45, 7) is -0.694. The Morgan fingerprint density at radius 3 is 2.59 bits per heavy atom. The number of amides is 3. The molecular formula is C22H21N7O5. The summed E-state index contributed by atoms with van der Waals surface area (Å²) in [5.41, 5.74) is 1.13. The summed E-state index contributed by atoms with van der Waals surface area (Å²) in [7, 11) is 0. The second-order valence-electron chi connectivity index (χ2n) is 7.55. The van der Waals surface area contributed by atoms with Gasteiger partial charge in [-0.15, -0.1) is 5.10 Å². The lowest BCUT2D eigenvalue weighted by Gasteiger charge is -2.11. The van der Waals surface area contributed by atoms with Gasteiger partial charge in [0.2, 0.25) is 5.91 Å². The molecular weight excluding hydrogens is 442 g/mol. The molecule has 0 unspecified atom stereocenters. The van der Waals surface area contributed by atoms with Gasteiger partial charge in [0.15, 0.2) is 6.61 Å². The maximum atomic E-state index is 12.5. The maximum Gasteiger partial charge on any atom is 0.340 e. The van der Waals surface area contributed by atoms with Crippen molar-refractivity contribution in [2.24, 2.45) is 0 Å². The van der Waals surface area contributed by atoms with Crippen LogP contribution in [0.15, 0.2) is 54.9 Å². The molecule has 2 aromatic carbocycles. The van der Waals surface area contributed by atoms with Crippen molar-refractivity contribution in [3.63, 3.8) is 0 Å². The third-order valence-corrected chi connectivity index (χ3v) is 4.77. The summed E-state index contributed by atoms with van der Waals surface area (Å²) in [5.74, 6) is -2.01. The zero-order valence-corrected chi connectivity index (χ0v) is 17.9. The van der Waals surface area contributed by atoms with Gasteiger partial charge in [0.05, 0.1) is 11.3 Å². The molecule has 0 aliphatic heterocycles. The van der Waals surface area contributed by atoms with Crippen molar-refractivity contribution in [2.75, 3.05) is 17.2 Å². The first-order valence-corrected chi connectivity index (χ1v) is 10.5. The van der Waals surface area contributed by atoms with Gasteiger partial charge in [-0.05, 0) is 53.6 Å². The van der Waals surface area contributed by atoms with Crippen LogP contribution in [0.2, 0.25) is 0 Å². The molecule has 1 heterocycles. The largest absolute Gasteiger partial charge is 0.452 e. The zero-order chi connectivity index (χ0) is 23.9. The molecule has 4 rings (SSSR count). The number of carbonyl (C=O) groups is 4.